The van der Waals surface area contributed by atoms with Crippen molar-refractivity contribution in [3.63, 3.8) is 0 Å². The Hall–Kier alpha value is -0.0400. The van der Waals surface area contributed by atoms with Gasteiger partial charge in [-0.2, -0.15) is 0 Å². The van der Waals surface area contributed by atoms with E-state index in [1.165, 1.54) is 12.8 Å². The lowest BCUT2D eigenvalue weighted by Crippen LogP contribution is -2.17. The summed E-state index contributed by atoms with van der Waals surface area (Å²) in [6, 6.07) is 0. The molecule has 1 rings (SSSR count). The highest BCUT2D eigenvalue weighted by molar-refractivity contribution is 4.85. The molecule has 0 unspecified atom stereocenters. The Kier molecular flexibility index (Phi) is 1.90. The minimum atomic E-state index is -0.112. The van der Waals surface area contributed by atoms with Crippen LogP contribution >= 0.6 is 0 Å². The Bertz CT molecular complexity index is 62.8. The zero-order chi connectivity index (χ0) is 5.98. The minimum Gasteiger partial charge on any atom is -0.393 e. The van der Waals surface area contributed by atoms with Crippen molar-refractivity contribution in [3.8, 4) is 0 Å². The molecule has 0 aromatic heterocycles. The van der Waals surface area contributed by atoms with Crippen molar-refractivity contribution >= 4 is 0 Å². The van der Waals surface area contributed by atoms with Crippen molar-refractivity contribution in [2.75, 3.05) is 0 Å². The highest BCUT2D eigenvalue weighted by Gasteiger charge is 2.15. The molecule has 0 spiro atoms. The number of aliphatic hydroxyl groups excluding tert-OH is 1. The standard InChI is InChI=1S/C7H13O/c1-6-3-2-4-7(8)5-6/h5-8H,2-4H2,1H3/t6-,7-/m1/s1. The van der Waals surface area contributed by atoms with Crippen molar-refractivity contribution in [1.82, 2.24) is 0 Å². The zero-order valence-electron chi connectivity index (χ0n) is 5.30. The Morgan fingerprint density at radius 1 is 1.50 bits per heavy atom. The molecule has 0 aliphatic heterocycles. The second kappa shape index (κ2) is 2.49. The molecular formula is C7H13O. The summed E-state index contributed by atoms with van der Waals surface area (Å²) in [5.74, 6) is 0.638. The van der Waals surface area contributed by atoms with Crippen molar-refractivity contribution in [3.05, 3.63) is 6.42 Å². The van der Waals surface area contributed by atoms with Gasteiger partial charge in [-0.3, -0.25) is 0 Å². The SMILES string of the molecule is C[C@H]1[CH][C@H](O)CCC1. The fourth-order valence-electron chi connectivity index (χ4n) is 1.22. The van der Waals surface area contributed by atoms with Gasteiger partial charge < -0.3 is 5.11 Å². The number of rotatable bonds is 0. The van der Waals surface area contributed by atoms with Crippen molar-refractivity contribution in [2.24, 2.45) is 5.92 Å². The van der Waals surface area contributed by atoms with Gasteiger partial charge in [0.25, 0.3) is 0 Å². The molecule has 0 heterocycles. The fraction of sp³-hybridized carbons (Fsp3) is 0.857. The first-order valence-electron chi connectivity index (χ1n) is 3.32. The molecule has 1 saturated carbocycles. The first kappa shape index (κ1) is 6.09. The van der Waals surface area contributed by atoms with Crippen LogP contribution in [0.1, 0.15) is 26.2 Å². The van der Waals surface area contributed by atoms with Crippen LogP contribution in [0.2, 0.25) is 0 Å². The van der Waals surface area contributed by atoms with Crippen LogP contribution in [0.15, 0.2) is 0 Å². The topological polar surface area (TPSA) is 20.2 Å². The van der Waals surface area contributed by atoms with Crippen molar-refractivity contribution < 1.29 is 5.11 Å². The molecule has 0 saturated heterocycles. The highest BCUT2D eigenvalue weighted by atomic mass is 16.3. The van der Waals surface area contributed by atoms with E-state index in [0.29, 0.717) is 5.92 Å². The number of aliphatic hydroxyl groups is 1. The van der Waals surface area contributed by atoms with Gasteiger partial charge in [0.1, 0.15) is 0 Å². The van der Waals surface area contributed by atoms with Crippen LogP contribution < -0.4 is 0 Å². The van der Waals surface area contributed by atoms with E-state index in [1.807, 2.05) is 6.42 Å². The van der Waals surface area contributed by atoms with Gasteiger partial charge in [-0.05, 0) is 18.8 Å². The predicted octanol–water partition coefficient (Wildman–Crippen LogP) is 1.37. The van der Waals surface area contributed by atoms with Crippen LogP contribution in [0.3, 0.4) is 0 Å². The van der Waals surface area contributed by atoms with Crippen LogP contribution in [-0.4, -0.2) is 11.2 Å². The third-order valence-electron chi connectivity index (χ3n) is 1.71. The van der Waals surface area contributed by atoms with E-state index >= 15 is 0 Å². The van der Waals surface area contributed by atoms with Crippen LogP contribution in [-0.2, 0) is 0 Å². The van der Waals surface area contributed by atoms with Gasteiger partial charge in [0.05, 0.1) is 6.10 Å². The third kappa shape index (κ3) is 1.48. The van der Waals surface area contributed by atoms with E-state index in [0.717, 1.165) is 6.42 Å². The molecule has 1 fully saturated rings. The molecule has 1 heteroatoms. The van der Waals surface area contributed by atoms with E-state index < -0.39 is 0 Å². The summed E-state index contributed by atoms with van der Waals surface area (Å²) in [6.45, 7) is 2.16. The first-order valence-corrected chi connectivity index (χ1v) is 3.32. The first-order chi connectivity index (χ1) is 3.79. The average Bonchev–Trinajstić information content (AvgIpc) is 1.64. The molecule has 0 bridgehead atoms. The molecule has 1 radical (unpaired) electrons. The lowest BCUT2D eigenvalue weighted by molar-refractivity contribution is 0.158. The molecule has 8 heavy (non-hydrogen) atoms. The van der Waals surface area contributed by atoms with Crippen LogP contribution in [0.25, 0.3) is 0 Å². The lowest BCUT2D eigenvalue weighted by atomic mass is 9.89. The highest BCUT2D eigenvalue weighted by Crippen LogP contribution is 2.21. The van der Waals surface area contributed by atoms with Crippen molar-refractivity contribution in [2.45, 2.75) is 32.3 Å². The molecule has 1 N–H and O–H groups in total. The van der Waals surface area contributed by atoms with Gasteiger partial charge in [-0.15, -0.1) is 0 Å². The van der Waals surface area contributed by atoms with Crippen LogP contribution in [0.5, 0.6) is 0 Å². The molecule has 2 atom stereocenters. The molecule has 1 aliphatic carbocycles. The van der Waals surface area contributed by atoms with E-state index in [2.05, 4.69) is 6.92 Å². The summed E-state index contributed by atoms with van der Waals surface area (Å²) in [5, 5.41) is 9.02. The van der Waals surface area contributed by atoms with E-state index in [-0.39, 0.29) is 6.10 Å². The Morgan fingerprint density at radius 3 is 2.62 bits per heavy atom. The summed E-state index contributed by atoms with van der Waals surface area (Å²) in [6.07, 6.45) is 5.35. The van der Waals surface area contributed by atoms with Crippen molar-refractivity contribution in [1.29, 1.82) is 0 Å². The van der Waals surface area contributed by atoms with E-state index in [1.54, 1.807) is 0 Å². The predicted molar refractivity (Wildman–Crippen MR) is 33.3 cm³/mol. The maximum absolute atomic E-state index is 9.02. The normalized spacial score (nSPS) is 39.8. The maximum atomic E-state index is 9.02. The molecule has 0 amide bonds. The Balaban J connectivity index is 2.23. The third-order valence-corrected chi connectivity index (χ3v) is 1.71. The van der Waals surface area contributed by atoms with Gasteiger partial charge in [-0.1, -0.05) is 19.8 Å². The quantitative estimate of drug-likeness (QED) is 0.503. The van der Waals surface area contributed by atoms with Crippen LogP contribution in [0, 0.1) is 12.3 Å². The summed E-state index contributed by atoms with van der Waals surface area (Å²) < 4.78 is 0. The minimum absolute atomic E-state index is 0.112. The maximum Gasteiger partial charge on any atom is 0.0574 e. The van der Waals surface area contributed by atoms with Gasteiger partial charge in [0, 0.05) is 0 Å². The second-order valence-electron chi connectivity index (χ2n) is 2.67. The molecule has 0 aromatic carbocycles. The Labute approximate surface area is 50.7 Å². The fourth-order valence-corrected chi connectivity index (χ4v) is 1.22. The van der Waals surface area contributed by atoms with Gasteiger partial charge in [-0.25, -0.2) is 0 Å². The van der Waals surface area contributed by atoms with Gasteiger partial charge in [0.15, 0.2) is 0 Å². The molecule has 1 aliphatic rings. The molecule has 1 nitrogen and oxygen atoms in total. The van der Waals surface area contributed by atoms with Gasteiger partial charge >= 0.3 is 0 Å². The number of hydrogen-bond donors (Lipinski definition) is 1. The second-order valence-corrected chi connectivity index (χ2v) is 2.67. The number of hydrogen-bond acceptors (Lipinski definition) is 1. The molecular weight excluding hydrogens is 100 g/mol. The smallest absolute Gasteiger partial charge is 0.0574 e. The monoisotopic (exact) mass is 113 g/mol. The summed E-state index contributed by atoms with van der Waals surface area (Å²) >= 11 is 0. The average molecular weight is 113 g/mol. The van der Waals surface area contributed by atoms with E-state index in [9.17, 15) is 0 Å². The summed E-state index contributed by atoms with van der Waals surface area (Å²) in [7, 11) is 0. The summed E-state index contributed by atoms with van der Waals surface area (Å²) in [4.78, 5) is 0. The van der Waals surface area contributed by atoms with Gasteiger partial charge in [0.2, 0.25) is 0 Å². The van der Waals surface area contributed by atoms with Crippen LogP contribution in [0.4, 0.5) is 0 Å². The summed E-state index contributed by atoms with van der Waals surface area (Å²) in [5.41, 5.74) is 0. The molecule has 0 aromatic rings. The largest absolute Gasteiger partial charge is 0.393 e. The molecule has 47 valence electrons. The zero-order valence-corrected chi connectivity index (χ0v) is 5.30. The van der Waals surface area contributed by atoms with E-state index in [4.69, 9.17) is 5.11 Å². The Morgan fingerprint density at radius 2 is 2.25 bits per heavy atom. The lowest BCUT2D eigenvalue weighted by Gasteiger charge is -2.21.